The average molecular weight is 378 g/mol. The smallest absolute Gasteiger partial charge is 0.134 e. The largest absolute Gasteiger partial charge is 0.497 e. The van der Waals surface area contributed by atoms with E-state index in [4.69, 9.17) is 14.2 Å². The highest BCUT2D eigenvalue weighted by molar-refractivity contribution is 7.11. The van der Waals surface area contributed by atoms with E-state index in [0.717, 1.165) is 22.6 Å². The minimum absolute atomic E-state index is 0.464. The van der Waals surface area contributed by atoms with Gasteiger partial charge in [0.15, 0.2) is 0 Å². The lowest BCUT2D eigenvalue weighted by Crippen LogP contribution is -1.90. The molecule has 5 nitrogen and oxygen atoms in total. The Morgan fingerprint density at radius 1 is 1.00 bits per heavy atom. The molecule has 1 heterocycles. The van der Waals surface area contributed by atoms with Gasteiger partial charge >= 0.3 is 0 Å². The molecular weight excluding hydrogens is 360 g/mol. The monoisotopic (exact) mass is 378 g/mol. The molecule has 2 aromatic carbocycles. The van der Waals surface area contributed by atoms with E-state index in [9.17, 15) is 5.26 Å². The van der Waals surface area contributed by atoms with Crippen molar-refractivity contribution >= 4 is 23.0 Å². The van der Waals surface area contributed by atoms with Gasteiger partial charge in [-0.3, -0.25) is 0 Å². The number of allylic oxidation sites excluding steroid dienone is 1. The Morgan fingerprint density at radius 2 is 1.70 bits per heavy atom. The number of hydrogen-bond acceptors (Lipinski definition) is 6. The third-order valence-corrected chi connectivity index (χ3v) is 4.85. The van der Waals surface area contributed by atoms with Crippen molar-refractivity contribution in [3.63, 3.8) is 0 Å². The molecule has 0 unspecified atom stereocenters. The SMILES string of the molecule is COc1ccc(-c2csc(/C(C#N)=C/c3cc(OC)ccc3OC)n2)cc1. The number of benzene rings is 2. The zero-order valence-corrected chi connectivity index (χ0v) is 16.0. The first-order chi connectivity index (χ1) is 13.2. The van der Waals surface area contributed by atoms with Crippen molar-refractivity contribution in [3.8, 4) is 34.6 Å². The summed E-state index contributed by atoms with van der Waals surface area (Å²) in [6.07, 6.45) is 1.76. The first-order valence-corrected chi connectivity index (χ1v) is 9.00. The topological polar surface area (TPSA) is 64.4 Å². The van der Waals surface area contributed by atoms with Crippen LogP contribution in [0.1, 0.15) is 10.6 Å². The fourth-order valence-corrected chi connectivity index (χ4v) is 3.34. The molecule has 1 aromatic heterocycles. The van der Waals surface area contributed by atoms with Crippen LogP contribution < -0.4 is 14.2 Å². The van der Waals surface area contributed by atoms with Crippen LogP contribution in [0.3, 0.4) is 0 Å². The second-order valence-electron chi connectivity index (χ2n) is 5.54. The van der Waals surface area contributed by atoms with Gasteiger partial charge in [0, 0.05) is 16.5 Å². The predicted molar refractivity (Wildman–Crippen MR) is 107 cm³/mol. The van der Waals surface area contributed by atoms with Crippen LogP contribution in [0.2, 0.25) is 0 Å². The zero-order valence-electron chi connectivity index (χ0n) is 15.2. The molecule has 0 saturated heterocycles. The Balaban J connectivity index is 1.96. The van der Waals surface area contributed by atoms with Crippen LogP contribution in [-0.4, -0.2) is 26.3 Å². The van der Waals surface area contributed by atoms with Gasteiger partial charge in [0.1, 0.15) is 28.3 Å². The summed E-state index contributed by atoms with van der Waals surface area (Å²) in [5, 5.41) is 12.2. The van der Waals surface area contributed by atoms with Crippen LogP contribution in [0.25, 0.3) is 22.9 Å². The predicted octanol–water partition coefficient (Wildman–Crippen LogP) is 4.90. The fraction of sp³-hybridized carbons (Fsp3) is 0.143. The Bertz CT molecular complexity index is 1000. The number of nitriles is 1. The lowest BCUT2D eigenvalue weighted by atomic mass is 10.1. The molecule has 3 aromatic rings. The van der Waals surface area contributed by atoms with Crippen molar-refractivity contribution in [1.29, 1.82) is 5.26 Å². The molecule has 0 atom stereocenters. The van der Waals surface area contributed by atoms with Crippen molar-refractivity contribution in [2.45, 2.75) is 0 Å². The highest BCUT2D eigenvalue weighted by Crippen LogP contribution is 2.31. The zero-order chi connectivity index (χ0) is 19.2. The lowest BCUT2D eigenvalue weighted by molar-refractivity contribution is 0.402. The van der Waals surface area contributed by atoms with E-state index in [2.05, 4.69) is 11.1 Å². The van der Waals surface area contributed by atoms with E-state index >= 15 is 0 Å². The quantitative estimate of drug-likeness (QED) is 0.571. The summed E-state index contributed by atoms with van der Waals surface area (Å²) in [5.41, 5.74) is 3.01. The molecule has 0 N–H and O–H groups in total. The number of hydrogen-bond donors (Lipinski definition) is 0. The van der Waals surface area contributed by atoms with Gasteiger partial charge in [-0.1, -0.05) is 0 Å². The van der Waals surface area contributed by atoms with Gasteiger partial charge in [0.2, 0.25) is 0 Å². The second-order valence-corrected chi connectivity index (χ2v) is 6.40. The van der Waals surface area contributed by atoms with Crippen LogP contribution in [0.5, 0.6) is 17.2 Å². The van der Waals surface area contributed by atoms with E-state index in [0.29, 0.717) is 22.1 Å². The van der Waals surface area contributed by atoms with Gasteiger partial charge in [-0.2, -0.15) is 5.26 Å². The molecule has 0 aliphatic heterocycles. The van der Waals surface area contributed by atoms with Crippen LogP contribution in [0, 0.1) is 11.3 Å². The molecule has 0 aliphatic rings. The van der Waals surface area contributed by atoms with Crippen molar-refractivity contribution in [3.05, 3.63) is 58.4 Å². The summed E-state index contributed by atoms with van der Waals surface area (Å²) in [5.74, 6) is 2.14. The van der Waals surface area contributed by atoms with Gasteiger partial charge in [0.25, 0.3) is 0 Å². The molecule has 0 bridgehead atoms. The van der Waals surface area contributed by atoms with E-state index in [1.165, 1.54) is 11.3 Å². The molecular formula is C21H18N2O3S. The Morgan fingerprint density at radius 3 is 2.33 bits per heavy atom. The van der Waals surface area contributed by atoms with Crippen LogP contribution in [0.15, 0.2) is 47.8 Å². The summed E-state index contributed by atoms with van der Waals surface area (Å²) >= 11 is 1.42. The van der Waals surface area contributed by atoms with E-state index in [1.54, 1.807) is 27.4 Å². The second kappa shape index (κ2) is 8.39. The Kier molecular flexibility index (Phi) is 5.74. The molecule has 0 saturated carbocycles. The molecule has 0 fully saturated rings. The van der Waals surface area contributed by atoms with Crippen molar-refractivity contribution in [2.24, 2.45) is 0 Å². The molecule has 0 spiro atoms. The van der Waals surface area contributed by atoms with E-state index in [1.807, 2.05) is 47.8 Å². The standard InChI is InChI=1S/C21H18N2O3S/c1-24-17-6-4-14(5-7-17)19-13-27-21(23-19)16(12-22)10-15-11-18(25-2)8-9-20(15)26-3/h4-11,13H,1-3H3/b16-10+. The molecule has 27 heavy (non-hydrogen) atoms. The van der Waals surface area contributed by atoms with Crippen LogP contribution in [-0.2, 0) is 0 Å². The molecule has 0 aliphatic carbocycles. The van der Waals surface area contributed by atoms with Gasteiger partial charge < -0.3 is 14.2 Å². The first-order valence-electron chi connectivity index (χ1n) is 8.12. The maximum absolute atomic E-state index is 9.64. The number of ether oxygens (including phenoxy) is 3. The molecule has 0 amide bonds. The summed E-state index contributed by atoms with van der Waals surface area (Å²) < 4.78 is 15.8. The van der Waals surface area contributed by atoms with Gasteiger partial charge in [-0.05, 0) is 48.5 Å². The Hall–Kier alpha value is -3.30. The first kappa shape index (κ1) is 18.5. The van der Waals surface area contributed by atoms with Crippen LogP contribution in [0.4, 0.5) is 0 Å². The fourth-order valence-electron chi connectivity index (χ4n) is 2.54. The number of aromatic nitrogens is 1. The number of methoxy groups -OCH3 is 3. The van der Waals surface area contributed by atoms with Crippen molar-refractivity contribution in [1.82, 2.24) is 4.98 Å². The van der Waals surface area contributed by atoms with Crippen LogP contribution >= 0.6 is 11.3 Å². The molecule has 136 valence electrons. The maximum atomic E-state index is 9.64. The molecule has 3 rings (SSSR count). The third kappa shape index (κ3) is 4.10. The summed E-state index contributed by atoms with van der Waals surface area (Å²) in [6.45, 7) is 0. The third-order valence-electron chi connectivity index (χ3n) is 3.98. The summed E-state index contributed by atoms with van der Waals surface area (Å²) in [4.78, 5) is 4.62. The van der Waals surface area contributed by atoms with Gasteiger partial charge in [-0.15, -0.1) is 11.3 Å². The molecule has 6 heteroatoms. The minimum atomic E-state index is 0.464. The van der Waals surface area contributed by atoms with E-state index < -0.39 is 0 Å². The highest BCUT2D eigenvalue weighted by atomic mass is 32.1. The average Bonchev–Trinajstić information content (AvgIpc) is 3.21. The summed E-state index contributed by atoms with van der Waals surface area (Å²) in [6, 6.07) is 15.3. The number of thiazole rings is 1. The summed E-state index contributed by atoms with van der Waals surface area (Å²) in [7, 11) is 4.83. The van der Waals surface area contributed by atoms with Gasteiger partial charge in [0.05, 0.1) is 32.6 Å². The minimum Gasteiger partial charge on any atom is -0.497 e. The van der Waals surface area contributed by atoms with Gasteiger partial charge in [-0.25, -0.2) is 4.98 Å². The van der Waals surface area contributed by atoms with Crippen molar-refractivity contribution in [2.75, 3.05) is 21.3 Å². The highest BCUT2D eigenvalue weighted by Gasteiger charge is 2.11. The maximum Gasteiger partial charge on any atom is 0.134 e. The molecule has 0 radical (unpaired) electrons. The van der Waals surface area contributed by atoms with Crippen molar-refractivity contribution < 1.29 is 14.2 Å². The lowest BCUT2D eigenvalue weighted by Gasteiger charge is -2.07. The van der Waals surface area contributed by atoms with E-state index in [-0.39, 0.29) is 0 Å². The number of nitrogens with zero attached hydrogens (tertiary/aromatic N) is 2. The Labute approximate surface area is 162 Å². The number of rotatable bonds is 6. The normalized spacial score (nSPS) is 11.0.